The molecule has 0 unspecified atom stereocenters. The second-order valence-electron chi connectivity index (χ2n) is 7.36. The van der Waals surface area contributed by atoms with E-state index in [4.69, 9.17) is 0 Å². The lowest BCUT2D eigenvalue weighted by Crippen LogP contribution is -2.58. The van der Waals surface area contributed by atoms with Gasteiger partial charge in [-0.05, 0) is 37.1 Å². The van der Waals surface area contributed by atoms with Crippen LogP contribution in [-0.2, 0) is 9.59 Å². The van der Waals surface area contributed by atoms with E-state index in [9.17, 15) is 24.5 Å². The predicted octanol–water partition coefficient (Wildman–Crippen LogP) is 3.18. The van der Waals surface area contributed by atoms with Gasteiger partial charge in [0, 0.05) is 30.1 Å². The van der Waals surface area contributed by atoms with Crippen molar-refractivity contribution in [2.24, 2.45) is 0 Å². The van der Waals surface area contributed by atoms with Crippen molar-refractivity contribution in [2.75, 3.05) is 0 Å². The van der Waals surface area contributed by atoms with E-state index in [2.05, 4.69) is 5.32 Å². The summed E-state index contributed by atoms with van der Waals surface area (Å²) in [5.41, 5.74) is 0.808. The van der Waals surface area contributed by atoms with Gasteiger partial charge in [0.15, 0.2) is 0 Å². The fraction of sp³-hybridized carbons (Fsp3) is 0.286. The molecule has 1 aromatic heterocycles. The highest BCUT2D eigenvalue weighted by atomic mass is 16.6. The average Bonchev–Trinajstić information content (AvgIpc) is 3.20. The normalized spacial score (nSPS) is 19.3. The standard InChI is InChI=1S/C21H20N4O5/c26-19-18(20(27)24(21(28)22-19)14-6-2-1-3-7-14)13-16-10-5-11-23(16)15-8-4-9-17(12-15)25(29)30/h4-5,8-14H,1-3,6-7H2,(H,22,26,28). The number of imide groups is 2. The summed E-state index contributed by atoms with van der Waals surface area (Å²) in [6.45, 7) is 0. The van der Waals surface area contributed by atoms with Crippen LogP contribution in [0.5, 0.6) is 0 Å². The Labute approximate surface area is 172 Å². The van der Waals surface area contributed by atoms with Crippen LogP contribution in [0.4, 0.5) is 10.5 Å². The minimum absolute atomic E-state index is 0.0691. The van der Waals surface area contributed by atoms with Crippen molar-refractivity contribution in [1.29, 1.82) is 0 Å². The SMILES string of the molecule is O=C1NC(=O)N(C2CCCCC2)C(=O)C1=Cc1cccn1-c1cccc([N+](=O)[O-])c1. The molecule has 4 amide bonds. The number of rotatable bonds is 4. The van der Waals surface area contributed by atoms with E-state index in [1.54, 1.807) is 35.0 Å². The quantitative estimate of drug-likeness (QED) is 0.361. The van der Waals surface area contributed by atoms with Crippen LogP contribution >= 0.6 is 0 Å². The number of carbonyl (C=O) groups excluding carboxylic acids is 3. The highest BCUT2D eigenvalue weighted by molar-refractivity contribution is 6.31. The molecule has 0 bridgehead atoms. The summed E-state index contributed by atoms with van der Waals surface area (Å²) in [7, 11) is 0. The minimum Gasteiger partial charge on any atom is -0.317 e. The molecule has 2 aliphatic rings. The predicted molar refractivity (Wildman–Crippen MR) is 108 cm³/mol. The molecule has 1 aliphatic carbocycles. The second-order valence-corrected chi connectivity index (χ2v) is 7.36. The number of hydrogen-bond acceptors (Lipinski definition) is 5. The molecule has 1 saturated heterocycles. The average molecular weight is 408 g/mol. The van der Waals surface area contributed by atoms with Crippen molar-refractivity contribution in [3.63, 3.8) is 0 Å². The van der Waals surface area contributed by atoms with E-state index < -0.39 is 22.8 Å². The number of carbonyl (C=O) groups is 3. The summed E-state index contributed by atoms with van der Waals surface area (Å²) in [6.07, 6.45) is 7.49. The molecule has 1 saturated carbocycles. The van der Waals surface area contributed by atoms with E-state index in [0.717, 1.165) is 37.0 Å². The molecule has 1 aromatic carbocycles. The molecule has 4 rings (SSSR count). The van der Waals surface area contributed by atoms with Gasteiger partial charge in [-0.2, -0.15) is 0 Å². The van der Waals surface area contributed by atoms with Crippen molar-refractivity contribution >= 4 is 29.6 Å². The fourth-order valence-electron chi connectivity index (χ4n) is 3.99. The first-order valence-electron chi connectivity index (χ1n) is 9.78. The number of nitro groups is 1. The molecule has 1 aliphatic heterocycles. The Kier molecular flexibility index (Phi) is 5.18. The first-order chi connectivity index (χ1) is 14.5. The van der Waals surface area contributed by atoms with Crippen LogP contribution in [0.15, 0.2) is 48.2 Å². The third kappa shape index (κ3) is 3.61. The number of aromatic nitrogens is 1. The Balaban J connectivity index is 1.69. The lowest BCUT2D eigenvalue weighted by atomic mass is 9.93. The maximum Gasteiger partial charge on any atom is 0.331 e. The smallest absolute Gasteiger partial charge is 0.317 e. The third-order valence-corrected chi connectivity index (χ3v) is 5.46. The first-order valence-corrected chi connectivity index (χ1v) is 9.78. The number of nitrogens with zero attached hydrogens (tertiary/aromatic N) is 3. The summed E-state index contributed by atoms with van der Waals surface area (Å²) >= 11 is 0. The number of hydrogen-bond donors (Lipinski definition) is 1. The topological polar surface area (TPSA) is 115 Å². The molecular weight excluding hydrogens is 388 g/mol. The lowest BCUT2D eigenvalue weighted by molar-refractivity contribution is -0.384. The zero-order chi connectivity index (χ0) is 21.3. The van der Waals surface area contributed by atoms with Crippen LogP contribution in [0.3, 0.4) is 0 Å². The van der Waals surface area contributed by atoms with E-state index in [-0.39, 0.29) is 17.3 Å². The molecule has 0 atom stereocenters. The Morgan fingerprint density at radius 3 is 2.57 bits per heavy atom. The van der Waals surface area contributed by atoms with Crippen LogP contribution in [0, 0.1) is 10.1 Å². The molecule has 0 spiro atoms. The second kappa shape index (κ2) is 7.94. The molecule has 2 fully saturated rings. The van der Waals surface area contributed by atoms with Crippen LogP contribution < -0.4 is 5.32 Å². The van der Waals surface area contributed by atoms with Gasteiger partial charge in [-0.15, -0.1) is 0 Å². The van der Waals surface area contributed by atoms with Crippen molar-refractivity contribution in [1.82, 2.24) is 14.8 Å². The minimum atomic E-state index is -0.746. The number of non-ortho nitro benzene ring substituents is 1. The third-order valence-electron chi connectivity index (χ3n) is 5.46. The van der Waals surface area contributed by atoms with Crippen LogP contribution in [0.1, 0.15) is 37.8 Å². The van der Waals surface area contributed by atoms with Gasteiger partial charge in [-0.3, -0.25) is 29.9 Å². The van der Waals surface area contributed by atoms with Crippen LogP contribution in [0.25, 0.3) is 11.8 Å². The zero-order valence-electron chi connectivity index (χ0n) is 16.1. The number of barbiturate groups is 1. The number of amides is 4. The maximum atomic E-state index is 13.0. The van der Waals surface area contributed by atoms with Gasteiger partial charge in [0.25, 0.3) is 17.5 Å². The molecule has 30 heavy (non-hydrogen) atoms. The molecule has 2 aromatic rings. The Bertz CT molecular complexity index is 1060. The van der Waals surface area contributed by atoms with Gasteiger partial charge in [0.2, 0.25) is 0 Å². The Morgan fingerprint density at radius 1 is 1.07 bits per heavy atom. The fourth-order valence-corrected chi connectivity index (χ4v) is 3.99. The highest BCUT2D eigenvalue weighted by Crippen LogP contribution is 2.27. The molecule has 9 nitrogen and oxygen atoms in total. The van der Waals surface area contributed by atoms with Crippen molar-refractivity contribution in [2.45, 2.75) is 38.1 Å². The van der Waals surface area contributed by atoms with Crippen LogP contribution in [0.2, 0.25) is 0 Å². The van der Waals surface area contributed by atoms with Gasteiger partial charge in [0.05, 0.1) is 10.6 Å². The largest absolute Gasteiger partial charge is 0.331 e. The molecular formula is C21H20N4O5. The van der Waals surface area contributed by atoms with Gasteiger partial charge < -0.3 is 4.57 Å². The molecule has 2 heterocycles. The lowest BCUT2D eigenvalue weighted by Gasteiger charge is -2.35. The van der Waals surface area contributed by atoms with Gasteiger partial charge in [-0.25, -0.2) is 4.79 Å². The molecule has 1 N–H and O–H groups in total. The summed E-state index contributed by atoms with van der Waals surface area (Å²) in [6, 6.07) is 8.55. The van der Waals surface area contributed by atoms with Crippen LogP contribution in [-0.4, -0.2) is 38.3 Å². The van der Waals surface area contributed by atoms with Gasteiger partial charge in [-0.1, -0.05) is 25.3 Å². The van der Waals surface area contributed by atoms with Crippen molar-refractivity contribution < 1.29 is 19.3 Å². The zero-order valence-corrected chi connectivity index (χ0v) is 16.1. The highest BCUT2D eigenvalue weighted by Gasteiger charge is 2.40. The number of nitro benzene ring substituents is 1. The van der Waals surface area contributed by atoms with Gasteiger partial charge in [0.1, 0.15) is 5.57 Å². The number of benzene rings is 1. The van der Waals surface area contributed by atoms with E-state index >= 15 is 0 Å². The Morgan fingerprint density at radius 2 is 1.83 bits per heavy atom. The first kappa shape index (κ1) is 19.6. The summed E-state index contributed by atoms with van der Waals surface area (Å²) in [5.74, 6) is -1.36. The Hall–Kier alpha value is -3.75. The van der Waals surface area contributed by atoms with E-state index in [0.29, 0.717) is 11.4 Å². The summed E-state index contributed by atoms with van der Waals surface area (Å²) in [4.78, 5) is 49.5. The van der Waals surface area contributed by atoms with E-state index in [1.807, 2.05) is 0 Å². The number of urea groups is 1. The van der Waals surface area contributed by atoms with Crippen molar-refractivity contribution in [3.8, 4) is 5.69 Å². The monoisotopic (exact) mass is 408 g/mol. The van der Waals surface area contributed by atoms with Crippen molar-refractivity contribution in [3.05, 3.63) is 64.0 Å². The van der Waals surface area contributed by atoms with E-state index in [1.165, 1.54) is 18.2 Å². The number of nitrogens with one attached hydrogen (secondary N) is 1. The van der Waals surface area contributed by atoms with Gasteiger partial charge >= 0.3 is 6.03 Å². The molecule has 9 heteroatoms. The molecule has 0 radical (unpaired) electrons. The summed E-state index contributed by atoms with van der Waals surface area (Å²) in [5, 5.41) is 13.3. The maximum absolute atomic E-state index is 13.0. The molecule has 154 valence electrons. The summed E-state index contributed by atoms with van der Waals surface area (Å²) < 4.78 is 1.64.